The third kappa shape index (κ3) is 3.55. The maximum absolute atomic E-state index is 12.0. The molecule has 1 rings (SSSR count). The predicted octanol–water partition coefficient (Wildman–Crippen LogP) is 2.81. The number of allylic oxidation sites excluding steroid dienone is 2. The molecular formula is C14H20O3. The van der Waals surface area contributed by atoms with E-state index in [0.717, 1.165) is 0 Å². The standard InChI is InChI=1S/C14H20O3/c1-10(15)17-14(5)8-6-11(7-9-14)12(16)13(2,3)4/h6-8H,9H2,1-5H3/t14-/m1/s1. The molecule has 0 aromatic heterocycles. The summed E-state index contributed by atoms with van der Waals surface area (Å²) in [6.07, 6.45) is 5.92. The van der Waals surface area contributed by atoms with E-state index in [9.17, 15) is 9.59 Å². The monoisotopic (exact) mass is 236 g/mol. The summed E-state index contributed by atoms with van der Waals surface area (Å²) in [6, 6.07) is 0. The molecule has 0 saturated heterocycles. The van der Waals surface area contributed by atoms with Gasteiger partial charge in [0.2, 0.25) is 0 Å². The molecule has 0 heterocycles. The van der Waals surface area contributed by atoms with Crippen molar-refractivity contribution >= 4 is 11.8 Å². The Morgan fingerprint density at radius 2 is 1.94 bits per heavy atom. The van der Waals surface area contributed by atoms with Gasteiger partial charge in [0.1, 0.15) is 5.60 Å². The minimum Gasteiger partial charge on any atom is -0.455 e. The van der Waals surface area contributed by atoms with E-state index in [0.29, 0.717) is 12.0 Å². The highest BCUT2D eigenvalue weighted by atomic mass is 16.6. The van der Waals surface area contributed by atoms with E-state index in [-0.39, 0.29) is 17.2 Å². The third-order valence-electron chi connectivity index (χ3n) is 2.66. The van der Waals surface area contributed by atoms with Gasteiger partial charge in [-0.3, -0.25) is 9.59 Å². The van der Waals surface area contributed by atoms with Gasteiger partial charge < -0.3 is 4.74 Å². The van der Waals surface area contributed by atoms with E-state index >= 15 is 0 Å². The first-order chi connectivity index (χ1) is 7.64. The average molecular weight is 236 g/mol. The van der Waals surface area contributed by atoms with Gasteiger partial charge >= 0.3 is 5.97 Å². The fourth-order valence-corrected chi connectivity index (χ4v) is 1.72. The average Bonchev–Trinajstić information content (AvgIpc) is 2.14. The Morgan fingerprint density at radius 3 is 2.29 bits per heavy atom. The molecule has 0 aromatic rings. The molecule has 0 amide bonds. The molecule has 0 aromatic carbocycles. The molecular weight excluding hydrogens is 216 g/mol. The van der Waals surface area contributed by atoms with Crippen LogP contribution in [0.5, 0.6) is 0 Å². The second kappa shape index (κ2) is 4.47. The fraction of sp³-hybridized carbons (Fsp3) is 0.571. The number of ether oxygens (including phenoxy) is 1. The van der Waals surface area contributed by atoms with Gasteiger partial charge in [0, 0.05) is 24.3 Å². The first-order valence-corrected chi connectivity index (χ1v) is 5.78. The summed E-state index contributed by atoms with van der Waals surface area (Å²) in [6.45, 7) is 8.90. The summed E-state index contributed by atoms with van der Waals surface area (Å²) in [4.78, 5) is 23.0. The quantitative estimate of drug-likeness (QED) is 0.692. The number of rotatable bonds is 2. The molecule has 0 saturated carbocycles. The molecule has 0 spiro atoms. The van der Waals surface area contributed by atoms with Gasteiger partial charge in [0.25, 0.3) is 0 Å². The minimum atomic E-state index is -0.618. The number of hydrogen-bond donors (Lipinski definition) is 0. The van der Waals surface area contributed by atoms with E-state index in [1.54, 1.807) is 12.2 Å². The summed E-state index contributed by atoms with van der Waals surface area (Å²) in [7, 11) is 0. The van der Waals surface area contributed by atoms with Gasteiger partial charge in [0.05, 0.1) is 0 Å². The molecule has 94 valence electrons. The number of esters is 1. The van der Waals surface area contributed by atoms with Crippen molar-refractivity contribution in [3.8, 4) is 0 Å². The van der Waals surface area contributed by atoms with Crippen LogP contribution < -0.4 is 0 Å². The molecule has 1 atom stereocenters. The van der Waals surface area contributed by atoms with Crippen molar-refractivity contribution in [2.45, 2.75) is 46.6 Å². The van der Waals surface area contributed by atoms with Crippen molar-refractivity contribution in [3.63, 3.8) is 0 Å². The Bertz CT molecular complexity index is 396. The number of Topliss-reactive ketones (excluding diaryl/α,β-unsaturated/α-hetero) is 1. The number of hydrogen-bond acceptors (Lipinski definition) is 3. The van der Waals surface area contributed by atoms with Gasteiger partial charge in [-0.15, -0.1) is 0 Å². The molecule has 0 aliphatic heterocycles. The molecule has 0 unspecified atom stereocenters. The molecule has 3 heteroatoms. The lowest BCUT2D eigenvalue weighted by Crippen LogP contribution is -2.31. The van der Waals surface area contributed by atoms with Crippen LogP contribution in [0.15, 0.2) is 23.8 Å². The van der Waals surface area contributed by atoms with Gasteiger partial charge in [-0.05, 0) is 13.0 Å². The molecule has 0 bridgehead atoms. The van der Waals surface area contributed by atoms with Crippen LogP contribution in [0.4, 0.5) is 0 Å². The Hall–Kier alpha value is -1.38. The number of carbonyl (C=O) groups is 2. The van der Waals surface area contributed by atoms with E-state index in [1.807, 2.05) is 33.8 Å². The summed E-state index contributed by atoms with van der Waals surface area (Å²) in [5, 5.41) is 0. The summed E-state index contributed by atoms with van der Waals surface area (Å²) >= 11 is 0. The highest BCUT2D eigenvalue weighted by Gasteiger charge is 2.30. The molecule has 3 nitrogen and oxygen atoms in total. The van der Waals surface area contributed by atoms with Gasteiger partial charge in [-0.1, -0.05) is 32.9 Å². The zero-order chi connectivity index (χ0) is 13.3. The lowest BCUT2D eigenvalue weighted by molar-refractivity contribution is -0.150. The molecule has 0 radical (unpaired) electrons. The van der Waals surface area contributed by atoms with Crippen LogP contribution in [-0.4, -0.2) is 17.4 Å². The Kier molecular flexibility index (Phi) is 3.60. The fourth-order valence-electron chi connectivity index (χ4n) is 1.72. The van der Waals surface area contributed by atoms with E-state index in [2.05, 4.69) is 0 Å². The molecule has 0 fully saturated rings. The van der Waals surface area contributed by atoms with Crippen molar-refractivity contribution in [2.24, 2.45) is 5.41 Å². The van der Waals surface area contributed by atoms with Crippen LogP contribution in [0, 0.1) is 5.41 Å². The third-order valence-corrected chi connectivity index (χ3v) is 2.66. The van der Waals surface area contributed by atoms with Crippen LogP contribution in [0.25, 0.3) is 0 Å². The van der Waals surface area contributed by atoms with Crippen molar-refractivity contribution in [1.29, 1.82) is 0 Å². The Morgan fingerprint density at radius 1 is 1.35 bits per heavy atom. The zero-order valence-electron chi connectivity index (χ0n) is 11.2. The number of ketones is 1. The Balaban J connectivity index is 2.79. The lowest BCUT2D eigenvalue weighted by atomic mass is 9.82. The second-order valence-corrected chi connectivity index (χ2v) is 5.68. The van der Waals surface area contributed by atoms with Crippen molar-refractivity contribution in [1.82, 2.24) is 0 Å². The van der Waals surface area contributed by atoms with Crippen LogP contribution in [-0.2, 0) is 14.3 Å². The van der Waals surface area contributed by atoms with Crippen LogP contribution in [0.3, 0.4) is 0 Å². The van der Waals surface area contributed by atoms with Crippen molar-refractivity contribution in [3.05, 3.63) is 23.8 Å². The highest BCUT2D eigenvalue weighted by molar-refractivity contribution is 6.01. The zero-order valence-corrected chi connectivity index (χ0v) is 11.2. The van der Waals surface area contributed by atoms with Gasteiger partial charge in [-0.25, -0.2) is 0 Å². The molecule has 17 heavy (non-hydrogen) atoms. The molecule has 1 aliphatic rings. The first kappa shape index (κ1) is 13.7. The molecule has 1 aliphatic carbocycles. The largest absolute Gasteiger partial charge is 0.455 e. The summed E-state index contributed by atoms with van der Waals surface area (Å²) in [5.74, 6) is -0.199. The van der Waals surface area contributed by atoms with Crippen LogP contribution >= 0.6 is 0 Å². The molecule has 0 N–H and O–H groups in total. The summed E-state index contributed by atoms with van der Waals surface area (Å²) in [5.41, 5.74) is -0.305. The maximum Gasteiger partial charge on any atom is 0.303 e. The van der Waals surface area contributed by atoms with Crippen LogP contribution in [0.1, 0.15) is 41.0 Å². The number of carbonyl (C=O) groups excluding carboxylic acids is 2. The van der Waals surface area contributed by atoms with E-state index < -0.39 is 5.60 Å². The smallest absolute Gasteiger partial charge is 0.303 e. The van der Waals surface area contributed by atoms with E-state index in [1.165, 1.54) is 6.92 Å². The normalized spacial score (nSPS) is 24.2. The van der Waals surface area contributed by atoms with Gasteiger partial charge in [-0.2, -0.15) is 0 Å². The SMILES string of the molecule is CC(=O)O[C@]1(C)C=CC(C(=O)C(C)(C)C)=CC1. The Labute approximate surface area is 103 Å². The van der Waals surface area contributed by atoms with Crippen molar-refractivity contribution < 1.29 is 14.3 Å². The van der Waals surface area contributed by atoms with E-state index in [4.69, 9.17) is 4.74 Å². The minimum absolute atomic E-state index is 0.110. The second-order valence-electron chi connectivity index (χ2n) is 5.68. The lowest BCUT2D eigenvalue weighted by Gasteiger charge is -2.28. The summed E-state index contributed by atoms with van der Waals surface area (Å²) < 4.78 is 5.21. The highest BCUT2D eigenvalue weighted by Crippen LogP contribution is 2.28. The van der Waals surface area contributed by atoms with Gasteiger partial charge in [0.15, 0.2) is 5.78 Å². The topological polar surface area (TPSA) is 43.4 Å². The van der Waals surface area contributed by atoms with Crippen LogP contribution in [0.2, 0.25) is 0 Å². The predicted molar refractivity (Wildman–Crippen MR) is 66.5 cm³/mol. The maximum atomic E-state index is 12.0. The first-order valence-electron chi connectivity index (χ1n) is 5.78. The van der Waals surface area contributed by atoms with Crippen molar-refractivity contribution in [2.75, 3.05) is 0 Å².